The van der Waals surface area contributed by atoms with Gasteiger partial charge in [-0.2, -0.15) is 0 Å². The molecule has 0 aromatic heterocycles. The smallest absolute Gasteiger partial charge is 0.240 e. The van der Waals surface area contributed by atoms with E-state index in [0.717, 1.165) is 31.2 Å². The second kappa shape index (κ2) is 5.53. The molecule has 3 nitrogen and oxygen atoms in total. The van der Waals surface area contributed by atoms with E-state index in [0.29, 0.717) is 6.54 Å². The Morgan fingerprint density at radius 3 is 2.44 bits per heavy atom. The molecule has 3 heteroatoms. The summed E-state index contributed by atoms with van der Waals surface area (Å²) in [5.74, 6) is 0.00257. The van der Waals surface area contributed by atoms with Crippen LogP contribution in [0, 0.1) is 6.92 Å². The number of aryl methyl sites for hydroxylation is 1. The fraction of sp³-hybridized carbons (Fsp3) is 0.533. The van der Waals surface area contributed by atoms with Crippen LogP contribution in [-0.4, -0.2) is 11.4 Å². The van der Waals surface area contributed by atoms with Gasteiger partial charge in [-0.05, 0) is 25.3 Å². The number of rotatable bonds is 3. The Balaban J connectivity index is 1.89. The molecule has 0 saturated heterocycles. The van der Waals surface area contributed by atoms with E-state index < -0.39 is 5.54 Å². The average Bonchev–Trinajstić information content (AvgIpc) is 2.38. The Hall–Kier alpha value is -1.35. The van der Waals surface area contributed by atoms with Gasteiger partial charge < -0.3 is 11.1 Å². The zero-order chi connectivity index (χ0) is 13.0. The lowest BCUT2D eigenvalue weighted by molar-refractivity contribution is -0.127. The highest BCUT2D eigenvalue weighted by Gasteiger charge is 2.34. The molecule has 0 bridgehead atoms. The number of amides is 1. The average molecular weight is 246 g/mol. The summed E-state index contributed by atoms with van der Waals surface area (Å²) in [7, 11) is 0. The van der Waals surface area contributed by atoms with Crippen LogP contribution in [0.2, 0.25) is 0 Å². The van der Waals surface area contributed by atoms with Crippen molar-refractivity contribution in [3.05, 3.63) is 35.4 Å². The third kappa shape index (κ3) is 3.10. The summed E-state index contributed by atoms with van der Waals surface area (Å²) in [6.45, 7) is 2.62. The first-order valence-electron chi connectivity index (χ1n) is 6.73. The summed E-state index contributed by atoms with van der Waals surface area (Å²) in [5, 5.41) is 2.96. The minimum absolute atomic E-state index is 0.00257. The first kappa shape index (κ1) is 13.1. The first-order chi connectivity index (χ1) is 8.60. The van der Waals surface area contributed by atoms with Gasteiger partial charge in [0.05, 0.1) is 5.54 Å². The van der Waals surface area contributed by atoms with Gasteiger partial charge in [0.1, 0.15) is 0 Å². The maximum atomic E-state index is 12.1. The molecular formula is C15H22N2O. The molecule has 1 aliphatic rings. The molecule has 0 spiro atoms. The Morgan fingerprint density at radius 2 is 1.83 bits per heavy atom. The summed E-state index contributed by atoms with van der Waals surface area (Å²) >= 11 is 0. The van der Waals surface area contributed by atoms with Gasteiger partial charge >= 0.3 is 0 Å². The van der Waals surface area contributed by atoms with Crippen LogP contribution in [0.25, 0.3) is 0 Å². The van der Waals surface area contributed by atoms with Gasteiger partial charge in [-0.15, -0.1) is 0 Å². The van der Waals surface area contributed by atoms with E-state index in [1.807, 2.05) is 12.1 Å². The fourth-order valence-electron chi connectivity index (χ4n) is 2.47. The van der Waals surface area contributed by atoms with Crippen molar-refractivity contribution in [2.24, 2.45) is 5.73 Å². The van der Waals surface area contributed by atoms with Crippen molar-refractivity contribution in [3.8, 4) is 0 Å². The number of hydrogen-bond donors (Lipinski definition) is 2. The molecule has 1 aliphatic carbocycles. The zero-order valence-electron chi connectivity index (χ0n) is 11.0. The van der Waals surface area contributed by atoms with Crippen LogP contribution < -0.4 is 11.1 Å². The van der Waals surface area contributed by atoms with Crippen LogP contribution in [0.3, 0.4) is 0 Å². The molecule has 0 heterocycles. The van der Waals surface area contributed by atoms with Crippen molar-refractivity contribution in [1.82, 2.24) is 5.32 Å². The van der Waals surface area contributed by atoms with Crippen LogP contribution in [0.5, 0.6) is 0 Å². The van der Waals surface area contributed by atoms with Crippen molar-refractivity contribution < 1.29 is 4.79 Å². The largest absolute Gasteiger partial charge is 0.350 e. The number of nitrogens with two attached hydrogens (primary N) is 1. The Morgan fingerprint density at radius 1 is 1.22 bits per heavy atom. The second-order valence-electron chi connectivity index (χ2n) is 5.39. The van der Waals surface area contributed by atoms with Crippen molar-refractivity contribution in [2.75, 3.05) is 0 Å². The van der Waals surface area contributed by atoms with E-state index in [1.165, 1.54) is 12.0 Å². The molecule has 0 unspecified atom stereocenters. The molecule has 1 fully saturated rings. The molecule has 2 rings (SSSR count). The predicted molar refractivity (Wildman–Crippen MR) is 73.0 cm³/mol. The van der Waals surface area contributed by atoms with Gasteiger partial charge in [-0.3, -0.25) is 4.79 Å². The molecule has 1 aromatic carbocycles. The van der Waals surface area contributed by atoms with Crippen LogP contribution in [0.15, 0.2) is 24.3 Å². The maximum Gasteiger partial charge on any atom is 0.240 e. The fourth-order valence-corrected chi connectivity index (χ4v) is 2.47. The molecule has 18 heavy (non-hydrogen) atoms. The Kier molecular flexibility index (Phi) is 4.02. The molecule has 0 aliphatic heterocycles. The van der Waals surface area contributed by atoms with E-state index in [2.05, 4.69) is 24.4 Å². The summed E-state index contributed by atoms with van der Waals surface area (Å²) in [6.07, 6.45) is 4.95. The molecule has 0 atom stereocenters. The van der Waals surface area contributed by atoms with E-state index in [1.54, 1.807) is 0 Å². The lowest BCUT2D eigenvalue weighted by Gasteiger charge is -2.31. The van der Waals surface area contributed by atoms with Crippen molar-refractivity contribution >= 4 is 5.91 Å². The van der Waals surface area contributed by atoms with Gasteiger partial charge in [0.15, 0.2) is 0 Å². The normalized spacial score (nSPS) is 18.3. The summed E-state index contributed by atoms with van der Waals surface area (Å²) in [5.41, 5.74) is 7.89. The topological polar surface area (TPSA) is 55.1 Å². The highest BCUT2D eigenvalue weighted by Crippen LogP contribution is 2.26. The predicted octanol–water partition coefficient (Wildman–Crippen LogP) is 2.27. The third-order valence-corrected chi connectivity index (χ3v) is 3.77. The number of carbonyl (C=O) groups excluding carboxylic acids is 1. The van der Waals surface area contributed by atoms with Crippen molar-refractivity contribution in [2.45, 2.75) is 51.1 Å². The van der Waals surface area contributed by atoms with E-state index in [9.17, 15) is 4.79 Å². The number of nitrogens with one attached hydrogen (secondary N) is 1. The van der Waals surface area contributed by atoms with Crippen molar-refractivity contribution in [3.63, 3.8) is 0 Å². The number of benzene rings is 1. The highest BCUT2D eigenvalue weighted by molar-refractivity contribution is 5.86. The highest BCUT2D eigenvalue weighted by atomic mass is 16.2. The molecular weight excluding hydrogens is 224 g/mol. The molecule has 0 radical (unpaired) electrons. The van der Waals surface area contributed by atoms with E-state index in [4.69, 9.17) is 5.73 Å². The number of carbonyl (C=O) groups is 1. The van der Waals surface area contributed by atoms with Gasteiger partial charge in [0.2, 0.25) is 5.91 Å². The minimum Gasteiger partial charge on any atom is -0.350 e. The number of hydrogen-bond acceptors (Lipinski definition) is 2. The first-order valence-corrected chi connectivity index (χ1v) is 6.73. The Labute approximate surface area is 109 Å². The van der Waals surface area contributed by atoms with Crippen LogP contribution >= 0.6 is 0 Å². The molecule has 3 N–H and O–H groups in total. The SMILES string of the molecule is Cc1ccc(CNC(=O)C2(N)CCCCC2)cc1. The van der Waals surface area contributed by atoms with Crippen molar-refractivity contribution in [1.29, 1.82) is 0 Å². The second-order valence-corrected chi connectivity index (χ2v) is 5.39. The summed E-state index contributed by atoms with van der Waals surface area (Å²) in [6, 6.07) is 8.19. The third-order valence-electron chi connectivity index (χ3n) is 3.77. The lowest BCUT2D eigenvalue weighted by Crippen LogP contribution is -2.54. The maximum absolute atomic E-state index is 12.1. The molecule has 1 amide bonds. The van der Waals surface area contributed by atoms with Gasteiger partial charge in [0, 0.05) is 6.54 Å². The molecule has 98 valence electrons. The monoisotopic (exact) mass is 246 g/mol. The van der Waals surface area contributed by atoms with Crippen LogP contribution in [-0.2, 0) is 11.3 Å². The minimum atomic E-state index is -0.636. The summed E-state index contributed by atoms with van der Waals surface area (Å²) in [4.78, 5) is 12.1. The van der Waals surface area contributed by atoms with Gasteiger partial charge in [-0.25, -0.2) is 0 Å². The van der Waals surface area contributed by atoms with E-state index >= 15 is 0 Å². The van der Waals surface area contributed by atoms with Crippen LogP contribution in [0.4, 0.5) is 0 Å². The zero-order valence-corrected chi connectivity index (χ0v) is 11.0. The van der Waals surface area contributed by atoms with Gasteiger partial charge in [0.25, 0.3) is 0 Å². The van der Waals surface area contributed by atoms with Gasteiger partial charge in [-0.1, -0.05) is 49.1 Å². The van der Waals surface area contributed by atoms with Crippen LogP contribution in [0.1, 0.15) is 43.2 Å². The molecule has 1 aromatic rings. The van der Waals surface area contributed by atoms with E-state index in [-0.39, 0.29) is 5.91 Å². The lowest BCUT2D eigenvalue weighted by atomic mass is 9.82. The Bertz CT molecular complexity index is 405. The molecule has 1 saturated carbocycles. The quantitative estimate of drug-likeness (QED) is 0.859. The summed E-state index contributed by atoms with van der Waals surface area (Å²) < 4.78 is 0. The standard InChI is InChI=1S/C15H22N2O/c1-12-5-7-13(8-6-12)11-17-14(18)15(16)9-3-2-4-10-15/h5-8H,2-4,9-11,16H2,1H3,(H,17,18).